The monoisotopic (exact) mass is 279 g/mol. The molecule has 0 fully saturated rings. The topological polar surface area (TPSA) is 12.9 Å². The third-order valence-corrected chi connectivity index (χ3v) is 4.57. The average Bonchev–Trinajstić information content (AvgIpc) is 2.50. The Hall–Kier alpha value is 0.0296. The molecule has 11 heavy (non-hydrogen) atoms. The van der Waals surface area contributed by atoms with Gasteiger partial charge in [0.05, 0.1) is 0 Å². The van der Waals surface area contributed by atoms with Crippen LogP contribution in [0.1, 0.15) is 0 Å². The van der Waals surface area contributed by atoms with Gasteiger partial charge in [-0.15, -0.1) is 0 Å². The molecule has 0 atom stereocenters. The minimum absolute atomic E-state index is 0.0602. The summed E-state index contributed by atoms with van der Waals surface area (Å²) in [4.78, 5) is 5.64. The van der Waals surface area contributed by atoms with Gasteiger partial charge < -0.3 is 0 Å². The molecule has 0 saturated carbocycles. The van der Waals surface area contributed by atoms with E-state index in [4.69, 9.17) is 0 Å². The van der Waals surface area contributed by atoms with Crippen LogP contribution in [0.4, 0.5) is 0 Å². The Morgan fingerprint density at radius 1 is 1.45 bits per heavy atom. The third-order valence-electron chi connectivity index (χ3n) is 1.54. The molecule has 1 heterocycles. The Kier molecular flexibility index (Phi) is 2.22. The molecule has 0 aliphatic heterocycles. The zero-order chi connectivity index (χ0) is 7.68. The van der Waals surface area contributed by atoms with E-state index in [0.717, 1.165) is 0 Å². The normalized spacial score (nSPS) is 10.6. The van der Waals surface area contributed by atoms with E-state index in [2.05, 4.69) is 33.7 Å². The molecule has 0 saturated heterocycles. The number of hydrogen-bond donors (Lipinski definition) is 0. The molecule has 1 aromatic carbocycles. The summed E-state index contributed by atoms with van der Waals surface area (Å²) in [5.41, 5.74) is 1.21. The van der Waals surface area contributed by atoms with Gasteiger partial charge >= 0.3 is 79.7 Å². The summed E-state index contributed by atoms with van der Waals surface area (Å²) in [6.45, 7) is 0. The van der Waals surface area contributed by atoms with Gasteiger partial charge in [0.15, 0.2) is 0 Å². The zero-order valence-electron chi connectivity index (χ0n) is 6.07. The number of rotatable bonds is 1. The Morgan fingerprint density at radius 2 is 2.36 bits per heavy atom. The van der Waals surface area contributed by atoms with Crippen molar-refractivity contribution in [1.29, 1.82) is 0 Å². The van der Waals surface area contributed by atoms with E-state index in [1.807, 2.05) is 0 Å². The number of thioether (sulfide) groups is 1. The van der Waals surface area contributed by atoms with Gasteiger partial charge in [0.25, 0.3) is 0 Å². The van der Waals surface area contributed by atoms with Crippen molar-refractivity contribution in [2.24, 2.45) is 0 Å². The van der Waals surface area contributed by atoms with Gasteiger partial charge in [-0.3, -0.25) is 0 Å². The molecule has 0 amide bonds. The second-order valence-corrected chi connectivity index (χ2v) is 5.60. The Labute approximate surface area is 79.4 Å². The molecular weight excluding hydrogens is 270 g/mol. The first-order chi connectivity index (χ1) is 5.40. The summed E-state index contributed by atoms with van der Waals surface area (Å²) < 4.78 is 3.58. The van der Waals surface area contributed by atoms with Crippen molar-refractivity contribution in [1.82, 2.24) is 4.98 Å². The van der Waals surface area contributed by atoms with Gasteiger partial charge in [-0.2, -0.15) is 0 Å². The van der Waals surface area contributed by atoms with Crippen LogP contribution in [0, 0.1) is 0 Å². The first-order valence-electron chi connectivity index (χ1n) is 3.27. The van der Waals surface area contributed by atoms with Crippen LogP contribution in [0.15, 0.2) is 27.3 Å². The first kappa shape index (κ1) is 7.67. The molecule has 0 bridgehead atoms. The summed E-state index contributed by atoms with van der Waals surface area (Å²) in [5, 5.41) is 0. The van der Waals surface area contributed by atoms with E-state index < -0.39 is 0 Å². The number of benzene rings is 1. The minimum atomic E-state index is -0.0602. The molecular formula is C8H7NSTe. The molecule has 0 N–H and O–H groups in total. The molecule has 3 heteroatoms. The fourth-order valence-electron chi connectivity index (χ4n) is 0.965. The van der Waals surface area contributed by atoms with Crippen LogP contribution < -0.4 is 0 Å². The van der Waals surface area contributed by atoms with Crippen molar-refractivity contribution in [3.8, 4) is 0 Å². The van der Waals surface area contributed by atoms with E-state index in [1.165, 1.54) is 13.8 Å². The van der Waals surface area contributed by atoms with Crippen LogP contribution in [0.3, 0.4) is 0 Å². The van der Waals surface area contributed by atoms with Crippen molar-refractivity contribution >= 4 is 41.1 Å². The van der Waals surface area contributed by atoms with E-state index in [9.17, 15) is 0 Å². The maximum absolute atomic E-state index is 4.33. The van der Waals surface area contributed by atoms with Gasteiger partial charge in [-0.1, -0.05) is 0 Å². The maximum atomic E-state index is 4.33. The molecule has 0 aliphatic carbocycles. The van der Waals surface area contributed by atoms with E-state index >= 15 is 0 Å². The molecule has 0 radical (unpaired) electrons. The quantitative estimate of drug-likeness (QED) is 0.584. The predicted octanol–water partition coefficient (Wildman–Crippen LogP) is 2.01. The van der Waals surface area contributed by atoms with Gasteiger partial charge in [-0.05, 0) is 0 Å². The summed E-state index contributed by atoms with van der Waals surface area (Å²) in [6, 6.07) is 6.58. The Bertz CT molecular complexity index is 369. The molecule has 0 spiro atoms. The van der Waals surface area contributed by atoms with Gasteiger partial charge in [0, 0.05) is 0 Å². The molecule has 1 nitrogen and oxygen atoms in total. The van der Waals surface area contributed by atoms with Crippen LogP contribution in [-0.2, 0) is 0 Å². The van der Waals surface area contributed by atoms with Crippen molar-refractivity contribution < 1.29 is 0 Å². The SMILES string of the molecule is CSc1ccc2[te]cnc2c1. The van der Waals surface area contributed by atoms with Gasteiger partial charge in [0.2, 0.25) is 0 Å². The second kappa shape index (κ2) is 3.18. The number of nitrogens with zero attached hydrogens (tertiary/aromatic N) is 1. The third kappa shape index (κ3) is 1.46. The fraction of sp³-hybridized carbons (Fsp3) is 0.125. The van der Waals surface area contributed by atoms with Crippen molar-refractivity contribution in [3.63, 3.8) is 0 Å². The summed E-state index contributed by atoms with van der Waals surface area (Å²) in [5.74, 6) is 0. The molecule has 56 valence electrons. The molecule has 0 aliphatic rings. The predicted molar refractivity (Wildman–Crippen MR) is 50.5 cm³/mol. The van der Waals surface area contributed by atoms with Crippen LogP contribution in [0.2, 0.25) is 0 Å². The summed E-state index contributed by atoms with van der Waals surface area (Å²) in [6.07, 6.45) is 2.09. The summed E-state index contributed by atoms with van der Waals surface area (Å²) in [7, 11) is 0. The first-order valence-corrected chi connectivity index (χ1v) is 7.01. The van der Waals surface area contributed by atoms with Crippen molar-refractivity contribution in [3.05, 3.63) is 22.4 Å². The molecule has 1 aromatic heterocycles. The average molecular weight is 277 g/mol. The van der Waals surface area contributed by atoms with E-state index in [1.54, 1.807) is 11.8 Å². The molecule has 2 rings (SSSR count). The van der Waals surface area contributed by atoms with Crippen molar-refractivity contribution in [2.45, 2.75) is 4.90 Å². The second-order valence-electron chi connectivity index (χ2n) is 2.19. The van der Waals surface area contributed by atoms with E-state index in [-0.39, 0.29) is 20.4 Å². The Balaban J connectivity index is 2.67. The standard InChI is InChI=1S/C8H7NSTe/c1-10-6-2-3-8-7(4-6)9-5-11-8/h2-5H,1H3. The number of hydrogen-bond acceptors (Lipinski definition) is 2. The van der Waals surface area contributed by atoms with Crippen LogP contribution >= 0.6 is 11.8 Å². The van der Waals surface area contributed by atoms with Gasteiger partial charge in [-0.25, -0.2) is 0 Å². The number of fused-ring (bicyclic) bond motifs is 1. The van der Waals surface area contributed by atoms with E-state index in [0.29, 0.717) is 0 Å². The van der Waals surface area contributed by atoms with Crippen LogP contribution in [0.25, 0.3) is 8.92 Å². The fourth-order valence-corrected chi connectivity index (χ4v) is 3.28. The molecule has 0 unspecified atom stereocenters. The van der Waals surface area contributed by atoms with Gasteiger partial charge in [0.1, 0.15) is 0 Å². The number of aromatic nitrogens is 1. The molecule has 2 aromatic rings. The summed E-state index contributed by atoms with van der Waals surface area (Å²) >= 11 is 1.72. The van der Waals surface area contributed by atoms with Crippen LogP contribution in [0.5, 0.6) is 0 Å². The van der Waals surface area contributed by atoms with Crippen molar-refractivity contribution in [2.75, 3.05) is 6.26 Å². The Morgan fingerprint density at radius 3 is 3.18 bits per heavy atom. The zero-order valence-corrected chi connectivity index (χ0v) is 9.22. The van der Waals surface area contributed by atoms with Crippen LogP contribution in [-0.4, -0.2) is 31.7 Å².